The molecule has 1 N–H and O–H groups in total. The van der Waals surface area contributed by atoms with Gasteiger partial charge in [-0.05, 0) is 43.9 Å². The van der Waals surface area contributed by atoms with Crippen molar-refractivity contribution in [2.75, 3.05) is 32.8 Å². The Morgan fingerprint density at radius 2 is 2.16 bits per heavy atom. The van der Waals surface area contributed by atoms with Crippen LogP contribution in [-0.4, -0.2) is 61.4 Å². The summed E-state index contributed by atoms with van der Waals surface area (Å²) in [5.41, 5.74) is 0.253. The molecule has 1 atom stereocenters. The zero-order valence-electron chi connectivity index (χ0n) is 14.6. The van der Waals surface area contributed by atoms with Gasteiger partial charge in [0.25, 0.3) is 5.91 Å². The normalized spacial score (nSPS) is 19.0. The lowest BCUT2D eigenvalue weighted by molar-refractivity contribution is 0.0731. The fraction of sp³-hybridized carbons (Fsp3) is 0.588. The molecule has 1 amide bonds. The minimum atomic E-state index is -3.75. The maximum Gasteiger partial charge on any atom is 0.253 e. The first-order chi connectivity index (χ1) is 11.8. The number of piperidine rings is 1. The lowest BCUT2D eigenvalue weighted by atomic mass is 10.0. The Balaban J connectivity index is 2.36. The van der Waals surface area contributed by atoms with Gasteiger partial charge >= 0.3 is 0 Å². The molecule has 0 spiro atoms. The molecule has 0 radical (unpaired) electrons. The summed E-state index contributed by atoms with van der Waals surface area (Å²) in [5, 5.41) is 9.18. The third kappa shape index (κ3) is 4.53. The number of aliphatic hydroxyl groups excluding tert-OH is 1. The van der Waals surface area contributed by atoms with Gasteiger partial charge in [0.15, 0.2) is 0 Å². The van der Waals surface area contributed by atoms with Gasteiger partial charge in [-0.2, -0.15) is 4.31 Å². The maximum absolute atomic E-state index is 13.0. The molecule has 6 nitrogen and oxygen atoms in total. The molecule has 1 heterocycles. The molecule has 0 bridgehead atoms. The summed E-state index contributed by atoms with van der Waals surface area (Å²) in [6.45, 7) is 5.23. The molecule has 2 rings (SSSR count). The Bertz CT molecular complexity index is 723. The summed E-state index contributed by atoms with van der Waals surface area (Å²) in [6.07, 6.45) is 1.82. The molecule has 1 aromatic carbocycles. The zero-order valence-corrected chi connectivity index (χ0v) is 16.2. The fourth-order valence-corrected chi connectivity index (χ4v) is 5.14. The van der Waals surface area contributed by atoms with Crippen molar-refractivity contribution < 1.29 is 18.3 Å². The van der Waals surface area contributed by atoms with Gasteiger partial charge in [0.05, 0.1) is 11.6 Å². The minimum absolute atomic E-state index is 0.0332. The first kappa shape index (κ1) is 20.2. The zero-order chi connectivity index (χ0) is 18.6. The molecule has 25 heavy (non-hydrogen) atoms. The Morgan fingerprint density at radius 1 is 1.44 bits per heavy atom. The Labute approximate surface area is 154 Å². The number of carbonyl (C=O) groups excluding carboxylic acids is 1. The smallest absolute Gasteiger partial charge is 0.253 e. The van der Waals surface area contributed by atoms with Crippen molar-refractivity contribution in [2.45, 2.75) is 31.6 Å². The van der Waals surface area contributed by atoms with E-state index in [1.54, 1.807) is 6.92 Å². The van der Waals surface area contributed by atoms with Gasteiger partial charge in [-0.1, -0.05) is 18.5 Å². The summed E-state index contributed by atoms with van der Waals surface area (Å²) in [4.78, 5) is 14.0. The van der Waals surface area contributed by atoms with Crippen molar-refractivity contribution in [1.29, 1.82) is 0 Å². The van der Waals surface area contributed by atoms with Crippen LogP contribution in [0.5, 0.6) is 0 Å². The number of hydrogen-bond acceptors (Lipinski definition) is 4. The average Bonchev–Trinajstić information content (AvgIpc) is 2.59. The van der Waals surface area contributed by atoms with Crippen molar-refractivity contribution in [3.05, 3.63) is 28.8 Å². The van der Waals surface area contributed by atoms with E-state index in [-0.39, 0.29) is 34.5 Å². The molecule has 0 aliphatic carbocycles. The largest absolute Gasteiger partial charge is 0.395 e. The summed E-state index contributed by atoms with van der Waals surface area (Å²) >= 11 is 6.14. The number of aliphatic hydroxyl groups is 1. The van der Waals surface area contributed by atoms with Crippen LogP contribution in [-0.2, 0) is 10.0 Å². The molecule has 0 saturated carbocycles. The number of amides is 1. The van der Waals surface area contributed by atoms with Crippen molar-refractivity contribution in [3.8, 4) is 0 Å². The van der Waals surface area contributed by atoms with Crippen LogP contribution in [0.25, 0.3) is 0 Å². The second-order valence-corrected chi connectivity index (χ2v) is 8.68. The number of carbonyl (C=O) groups is 1. The van der Waals surface area contributed by atoms with E-state index >= 15 is 0 Å². The molecule has 1 unspecified atom stereocenters. The lowest BCUT2D eigenvalue weighted by Crippen LogP contribution is -2.39. The van der Waals surface area contributed by atoms with Crippen molar-refractivity contribution in [2.24, 2.45) is 5.92 Å². The molecular weight excluding hydrogens is 364 g/mol. The second kappa shape index (κ2) is 8.49. The van der Waals surface area contributed by atoms with Gasteiger partial charge in [0.1, 0.15) is 4.90 Å². The molecule has 1 aromatic rings. The molecule has 1 aliphatic heterocycles. The number of hydrogen-bond donors (Lipinski definition) is 1. The molecule has 0 aromatic heterocycles. The van der Waals surface area contributed by atoms with Crippen LogP contribution in [0.1, 0.15) is 37.0 Å². The van der Waals surface area contributed by atoms with Crippen molar-refractivity contribution in [1.82, 2.24) is 9.21 Å². The number of halogens is 1. The van der Waals surface area contributed by atoms with Crippen LogP contribution in [0.15, 0.2) is 23.1 Å². The summed E-state index contributed by atoms with van der Waals surface area (Å²) in [5.74, 6) is -0.0241. The first-order valence-corrected chi connectivity index (χ1v) is 10.3. The number of nitrogens with zero attached hydrogens (tertiary/aromatic N) is 2. The van der Waals surface area contributed by atoms with E-state index in [0.29, 0.717) is 25.6 Å². The van der Waals surface area contributed by atoms with Gasteiger partial charge < -0.3 is 10.0 Å². The van der Waals surface area contributed by atoms with E-state index < -0.39 is 10.0 Å². The van der Waals surface area contributed by atoms with Crippen LogP contribution < -0.4 is 0 Å². The lowest BCUT2D eigenvalue weighted by Gasteiger charge is -2.30. The highest BCUT2D eigenvalue weighted by atomic mass is 35.5. The predicted octanol–water partition coefficient (Wildman–Crippen LogP) is 2.21. The van der Waals surface area contributed by atoms with E-state index in [4.69, 9.17) is 16.7 Å². The molecule has 1 saturated heterocycles. The minimum Gasteiger partial charge on any atom is -0.395 e. The second-order valence-electron chi connectivity index (χ2n) is 6.36. The molecular formula is C17H25ClN2O4S. The average molecular weight is 389 g/mol. The fourth-order valence-electron chi connectivity index (χ4n) is 3.04. The third-order valence-electron chi connectivity index (χ3n) is 4.45. The van der Waals surface area contributed by atoms with Crippen LogP contribution in [0, 0.1) is 5.92 Å². The predicted molar refractivity (Wildman–Crippen MR) is 97.3 cm³/mol. The first-order valence-electron chi connectivity index (χ1n) is 8.51. The SMILES string of the molecule is CCN(CCO)C(=O)c1ccc(Cl)c(S(=O)(=O)N2CCCC(C)C2)c1. The van der Waals surface area contributed by atoms with Crippen molar-refractivity contribution in [3.63, 3.8) is 0 Å². The monoisotopic (exact) mass is 388 g/mol. The number of likely N-dealkylation sites (N-methyl/N-ethyl adjacent to an activating group) is 1. The van der Waals surface area contributed by atoms with E-state index in [1.807, 2.05) is 6.92 Å². The molecule has 1 fully saturated rings. The highest BCUT2D eigenvalue weighted by Crippen LogP contribution is 2.29. The van der Waals surface area contributed by atoms with Crippen LogP contribution in [0.4, 0.5) is 0 Å². The van der Waals surface area contributed by atoms with Crippen LogP contribution >= 0.6 is 11.6 Å². The van der Waals surface area contributed by atoms with E-state index in [1.165, 1.54) is 27.4 Å². The summed E-state index contributed by atoms with van der Waals surface area (Å²) in [7, 11) is -3.75. The van der Waals surface area contributed by atoms with E-state index in [0.717, 1.165) is 12.8 Å². The molecule has 1 aliphatic rings. The molecule has 140 valence electrons. The Morgan fingerprint density at radius 3 is 2.76 bits per heavy atom. The third-order valence-corrected chi connectivity index (χ3v) is 6.80. The van der Waals surface area contributed by atoms with Gasteiger partial charge in [0, 0.05) is 31.7 Å². The van der Waals surface area contributed by atoms with Gasteiger partial charge in [-0.15, -0.1) is 0 Å². The summed E-state index contributed by atoms with van der Waals surface area (Å²) in [6, 6.07) is 4.31. The quantitative estimate of drug-likeness (QED) is 0.810. The van der Waals surface area contributed by atoms with Gasteiger partial charge in [-0.25, -0.2) is 8.42 Å². The number of rotatable bonds is 6. The van der Waals surface area contributed by atoms with Gasteiger partial charge in [-0.3, -0.25) is 4.79 Å². The topological polar surface area (TPSA) is 77.9 Å². The van der Waals surface area contributed by atoms with E-state index in [2.05, 4.69) is 0 Å². The standard InChI is InChI=1S/C17H25ClN2O4S/c1-3-19(9-10-21)17(22)14-6-7-15(18)16(11-14)25(23,24)20-8-4-5-13(2)12-20/h6-7,11,13,21H,3-5,8-10,12H2,1-2H3. The Hall–Kier alpha value is -1.15. The highest BCUT2D eigenvalue weighted by molar-refractivity contribution is 7.89. The Kier molecular flexibility index (Phi) is 6.85. The molecule has 8 heteroatoms. The summed E-state index contributed by atoms with van der Waals surface area (Å²) < 4.78 is 27.4. The van der Waals surface area contributed by atoms with E-state index in [9.17, 15) is 13.2 Å². The maximum atomic E-state index is 13.0. The number of sulfonamides is 1. The van der Waals surface area contributed by atoms with Crippen LogP contribution in [0.3, 0.4) is 0 Å². The van der Waals surface area contributed by atoms with Gasteiger partial charge in [0.2, 0.25) is 10.0 Å². The number of benzene rings is 1. The van der Waals surface area contributed by atoms with Crippen molar-refractivity contribution >= 4 is 27.5 Å². The highest BCUT2D eigenvalue weighted by Gasteiger charge is 2.31. The van der Waals surface area contributed by atoms with Crippen LogP contribution in [0.2, 0.25) is 5.02 Å².